The molecule has 1 N–H and O–H groups in total. The molecule has 1 aromatic carbocycles. The topological polar surface area (TPSA) is 104 Å². The summed E-state index contributed by atoms with van der Waals surface area (Å²) in [4.78, 5) is 24.3. The van der Waals surface area contributed by atoms with Gasteiger partial charge < -0.3 is 14.7 Å². The first kappa shape index (κ1) is 19.9. The van der Waals surface area contributed by atoms with Crippen LogP contribution in [0.5, 0.6) is 5.75 Å². The maximum Gasteiger partial charge on any atom is 0.318 e. The highest BCUT2D eigenvalue weighted by atomic mass is 32.2. The van der Waals surface area contributed by atoms with Gasteiger partial charge in [0.1, 0.15) is 12.3 Å². The highest BCUT2D eigenvalue weighted by molar-refractivity contribution is 7.89. The van der Waals surface area contributed by atoms with E-state index in [-0.39, 0.29) is 22.8 Å². The second-order valence-electron chi connectivity index (χ2n) is 5.29. The van der Waals surface area contributed by atoms with Crippen LogP contribution in [-0.4, -0.2) is 68.9 Å². The van der Waals surface area contributed by atoms with Crippen LogP contribution < -0.4 is 4.74 Å². The molecular formula is C15H22N2O6S. The van der Waals surface area contributed by atoms with Crippen LogP contribution in [0.3, 0.4) is 0 Å². The maximum absolute atomic E-state index is 12.7. The van der Waals surface area contributed by atoms with E-state index < -0.39 is 28.4 Å². The van der Waals surface area contributed by atoms with Gasteiger partial charge in [0, 0.05) is 20.6 Å². The molecule has 0 saturated heterocycles. The number of amides is 1. The van der Waals surface area contributed by atoms with Gasteiger partial charge in [-0.2, -0.15) is 4.31 Å². The zero-order valence-electron chi connectivity index (χ0n) is 14.1. The minimum atomic E-state index is -4.04. The Balaban J connectivity index is 3.40. The van der Waals surface area contributed by atoms with Gasteiger partial charge in [0.25, 0.3) is 5.91 Å². The SMILES string of the molecule is CCCN(CC(=O)O)S(=O)(=O)c1ccc(OC)c(C(=O)N(C)C)c1. The molecule has 0 saturated carbocycles. The van der Waals surface area contributed by atoms with E-state index in [2.05, 4.69) is 0 Å². The molecule has 9 heteroatoms. The Kier molecular flexibility index (Phi) is 6.73. The molecule has 0 heterocycles. The quantitative estimate of drug-likeness (QED) is 0.740. The summed E-state index contributed by atoms with van der Waals surface area (Å²) in [5.41, 5.74) is 0.0929. The molecule has 0 fully saturated rings. The standard InChI is InChI=1S/C15H22N2O6S/c1-5-8-17(10-14(18)19)24(21,22)11-6-7-13(23-4)12(9-11)15(20)16(2)3/h6-7,9H,5,8,10H2,1-4H3,(H,18,19). The van der Waals surface area contributed by atoms with E-state index in [1.807, 2.05) is 0 Å². The Labute approximate surface area is 141 Å². The molecule has 24 heavy (non-hydrogen) atoms. The minimum absolute atomic E-state index is 0.0671. The molecular weight excluding hydrogens is 336 g/mol. The van der Waals surface area contributed by atoms with Crippen molar-refractivity contribution in [2.24, 2.45) is 0 Å². The summed E-state index contributed by atoms with van der Waals surface area (Å²) in [6.07, 6.45) is 0.464. The summed E-state index contributed by atoms with van der Waals surface area (Å²) >= 11 is 0. The number of hydrogen-bond donors (Lipinski definition) is 1. The summed E-state index contributed by atoms with van der Waals surface area (Å²) in [7, 11) is 0.417. The van der Waals surface area contributed by atoms with Crippen LogP contribution in [0.15, 0.2) is 23.1 Å². The number of carbonyl (C=O) groups excluding carboxylic acids is 1. The lowest BCUT2D eigenvalue weighted by atomic mass is 10.2. The first-order chi connectivity index (χ1) is 11.1. The van der Waals surface area contributed by atoms with Crippen LogP contribution in [-0.2, 0) is 14.8 Å². The van der Waals surface area contributed by atoms with E-state index in [0.29, 0.717) is 6.42 Å². The summed E-state index contributed by atoms with van der Waals surface area (Å²) < 4.78 is 31.4. The fourth-order valence-corrected chi connectivity index (χ4v) is 3.60. The van der Waals surface area contributed by atoms with E-state index in [1.165, 1.54) is 44.3 Å². The number of aliphatic carboxylic acids is 1. The second-order valence-corrected chi connectivity index (χ2v) is 7.23. The Hall–Kier alpha value is -2.13. The van der Waals surface area contributed by atoms with Crippen molar-refractivity contribution in [1.82, 2.24) is 9.21 Å². The third kappa shape index (κ3) is 4.45. The van der Waals surface area contributed by atoms with Crippen molar-refractivity contribution in [3.63, 3.8) is 0 Å². The molecule has 0 radical (unpaired) electrons. The van der Waals surface area contributed by atoms with Crippen LogP contribution in [0.25, 0.3) is 0 Å². The first-order valence-electron chi connectivity index (χ1n) is 7.26. The smallest absolute Gasteiger partial charge is 0.318 e. The summed E-state index contributed by atoms with van der Waals surface area (Å²) in [6.45, 7) is 1.18. The molecule has 1 rings (SSSR count). The van der Waals surface area contributed by atoms with Crippen molar-refractivity contribution in [3.05, 3.63) is 23.8 Å². The van der Waals surface area contributed by atoms with Crippen LogP contribution >= 0.6 is 0 Å². The van der Waals surface area contributed by atoms with Crippen LogP contribution in [0.2, 0.25) is 0 Å². The molecule has 134 valence electrons. The number of rotatable bonds is 8. The molecule has 0 aliphatic carbocycles. The third-order valence-corrected chi connectivity index (χ3v) is 5.07. The number of benzene rings is 1. The van der Waals surface area contributed by atoms with Crippen molar-refractivity contribution in [2.75, 3.05) is 34.3 Å². The van der Waals surface area contributed by atoms with Crippen LogP contribution in [0.4, 0.5) is 0 Å². The zero-order valence-corrected chi connectivity index (χ0v) is 15.0. The predicted molar refractivity (Wildman–Crippen MR) is 87.7 cm³/mol. The van der Waals surface area contributed by atoms with Crippen LogP contribution in [0.1, 0.15) is 23.7 Å². The van der Waals surface area contributed by atoms with Gasteiger partial charge in [-0.3, -0.25) is 9.59 Å². The van der Waals surface area contributed by atoms with Gasteiger partial charge in [-0.05, 0) is 24.6 Å². The lowest BCUT2D eigenvalue weighted by Crippen LogP contribution is -2.36. The second kappa shape index (κ2) is 8.11. The Morgan fingerprint density at radius 2 is 1.88 bits per heavy atom. The van der Waals surface area contributed by atoms with E-state index >= 15 is 0 Å². The monoisotopic (exact) mass is 358 g/mol. The predicted octanol–water partition coefficient (Wildman–Crippen LogP) is 0.882. The molecule has 1 aromatic rings. The van der Waals surface area contributed by atoms with Gasteiger partial charge in [0.2, 0.25) is 10.0 Å². The van der Waals surface area contributed by atoms with Crippen molar-refractivity contribution in [2.45, 2.75) is 18.2 Å². The summed E-state index contributed by atoms with van der Waals surface area (Å²) in [5, 5.41) is 8.93. The molecule has 0 aliphatic rings. The van der Waals surface area contributed by atoms with Gasteiger partial charge in [-0.15, -0.1) is 0 Å². The molecule has 0 spiro atoms. The van der Waals surface area contributed by atoms with Gasteiger partial charge in [0.15, 0.2) is 0 Å². The average molecular weight is 358 g/mol. The van der Waals surface area contributed by atoms with Crippen molar-refractivity contribution >= 4 is 21.9 Å². The molecule has 0 bridgehead atoms. The highest BCUT2D eigenvalue weighted by Gasteiger charge is 2.28. The molecule has 1 amide bonds. The zero-order chi connectivity index (χ0) is 18.5. The number of nitrogens with zero attached hydrogens (tertiary/aromatic N) is 2. The molecule has 0 aromatic heterocycles. The molecule has 0 aliphatic heterocycles. The normalized spacial score (nSPS) is 11.4. The molecule has 0 atom stereocenters. The highest BCUT2D eigenvalue weighted by Crippen LogP contribution is 2.25. The lowest BCUT2D eigenvalue weighted by Gasteiger charge is -2.21. The van der Waals surface area contributed by atoms with E-state index in [0.717, 1.165) is 4.31 Å². The first-order valence-corrected chi connectivity index (χ1v) is 8.70. The fourth-order valence-electron chi connectivity index (χ4n) is 2.09. The fraction of sp³-hybridized carbons (Fsp3) is 0.467. The van der Waals surface area contributed by atoms with Crippen molar-refractivity contribution < 1.29 is 27.9 Å². The van der Waals surface area contributed by atoms with Crippen molar-refractivity contribution in [3.8, 4) is 5.75 Å². The number of sulfonamides is 1. The lowest BCUT2D eigenvalue weighted by molar-refractivity contribution is -0.137. The maximum atomic E-state index is 12.7. The van der Waals surface area contributed by atoms with Gasteiger partial charge >= 0.3 is 5.97 Å². The Bertz CT molecular complexity index is 715. The number of methoxy groups -OCH3 is 1. The summed E-state index contributed by atoms with van der Waals surface area (Å²) in [5.74, 6) is -1.41. The number of carboxylic acids is 1. The minimum Gasteiger partial charge on any atom is -0.496 e. The summed E-state index contributed by atoms with van der Waals surface area (Å²) in [6, 6.07) is 3.89. The van der Waals surface area contributed by atoms with Crippen LogP contribution in [0, 0.1) is 0 Å². The molecule has 0 unspecified atom stereocenters. The van der Waals surface area contributed by atoms with Crippen molar-refractivity contribution in [1.29, 1.82) is 0 Å². The van der Waals surface area contributed by atoms with Gasteiger partial charge in [-0.1, -0.05) is 6.92 Å². The largest absolute Gasteiger partial charge is 0.496 e. The number of carboxylic acid groups (broad SMARTS) is 1. The van der Waals surface area contributed by atoms with Gasteiger partial charge in [0.05, 0.1) is 17.6 Å². The Morgan fingerprint density at radius 3 is 2.33 bits per heavy atom. The van der Waals surface area contributed by atoms with E-state index in [9.17, 15) is 18.0 Å². The number of carbonyl (C=O) groups is 2. The number of ether oxygens (including phenoxy) is 1. The number of hydrogen-bond acceptors (Lipinski definition) is 5. The van der Waals surface area contributed by atoms with E-state index in [1.54, 1.807) is 6.92 Å². The van der Waals surface area contributed by atoms with Gasteiger partial charge in [-0.25, -0.2) is 8.42 Å². The average Bonchev–Trinajstić information content (AvgIpc) is 2.52. The molecule has 8 nitrogen and oxygen atoms in total. The third-order valence-electron chi connectivity index (χ3n) is 3.23. The Morgan fingerprint density at radius 1 is 1.25 bits per heavy atom. The van der Waals surface area contributed by atoms with E-state index in [4.69, 9.17) is 9.84 Å².